The molecule has 1 saturated heterocycles. The van der Waals surface area contributed by atoms with Crippen molar-refractivity contribution in [1.82, 2.24) is 20.9 Å². The van der Waals surface area contributed by atoms with E-state index in [9.17, 15) is 4.79 Å². The van der Waals surface area contributed by atoms with Gasteiger partial charge in [-0.05, 0) is 59.1 Å². The summed E-state index contributed by atoms with van der Waals surface area (Å²) < 4.78 is 5.20. The quantitative estimate of drug-likeness (QED) is 0.192. The predicted molar refractivity (Wildman–Crippen MR) is 129 cm³/mol. The second kappa shape index (κ2) is 14.7. The average Bonchev–Trinajstić information content (AvgIpc) is 3.12. The smallest absolute Gasteiger partial charge is 0.287 e. The summed E-state index contributed by atoms with van der Waals surface area (Å²) >= 11 is 0. The standard InChI is InChI=1S/C21H37N5O2.HI/c1-4-22-21(25-13-8-15-26-14-6-5-9-18(26)3)24-12-7-11-23-20(27)19-17(2)10-16-28-19;/h10,16,18H,4-9,11-15H2,1-3H3,(H,23,27)(H2,22,24,25);1H. The van der Waals surface area contributed by atoms with Gasteiger partial charge in [0.05, 0.1) is 6.26 Å². The van der Waals surface area contributed by atoms with Crippen LogP contribution < -0.4 is 16.0 Å². The van der Waals surface area contributed by atoms with E-state index in [0.29, 0.717) is 18.8 Å². The molecule has 0 spiro atoms. The van der Waals surface area contributed by atoms with Crippen LogP contribution in [0.15, 0.2) is 21.7 Å². The van der Waals surface area contributed by atoms with Crippen molar-refractivity contribution in [2.24, 2.45) is 4.99 Å². The molecule has 8 heteroatoms. The van der Waals surface area contributed by atoms with Crippen molar-refractivity contribution in [3.05, 3.63) is 23.7 Å². The maximum Gasteiger partial charge on any atom is 0.287 e. The Morgan fingerprint density at radius 2 is 2.03 bits per heavy atom. The Balaban J connectivity index is 0.00000420. The van der Waals surface area contributed by atoms with Gasteiger partial charge in [-0.2, -0.15) is 0 Å². The Morgan fingerprint density at radius 1 is 1.24 bits per heavy atom. The van der Waals surface area contributed by atoms with Crippen molar-refractivity contribution in [3.63, 3.8) is 0 Å². The maximum absolute atomic E-state index is 12.0. The van der Waals surface area contributed by atoms with Gasteiger partial charge in [0.25, 0.3) is 5.91 Å². The fraction of sp³-hybridized carbons (Fsp3) is 0.714. The van der Waals surface area contributed by atoms with E-state index >= 15 is 0 Å². The number of nitrogens with zero attached hydrogens (tertiary/aromatic N) is 2. The van der Waals surface area contributed by atoms with Crippen molar-refractivity contribution >= 4 is 35.8 Å². The van der Waals surface area contributed by atoms with Gasteiger partial charge in [-0.3, -0.25) is 9.79 Å². The van der Waals surface area contributed by atoms with Gasteiger partial charge in [0, 0.05) is 44.3 Å². The van der Waals surface area contributed by atoms with Crippen LogP contribution in [0.1, 0.15) is 62.1 Å². The first-order valence-corrected chi connectivity index (χ1v) is 10.7. The van der Waals surface area contributed by atoms with Crippen LogP contribution in [0.3, 0.4) is 0 Å². The summed E-state index contributed by atoms with van der Waals surface area (Å²) in [6.45, 7) is 11.6. The monoisotopic (exact) mass is 519 g/mol. The molecular weight excluding hydrogens is 481 g/mol. The van der Waals surface area contributed by atoms with Crippen molar-refractivity contribution in [1.29, 1.82) is 0 Å². The van der Waals surface area contributed by atoms with Gasteiger partial charge in [-0.1, -0.05) is 6.42 Å². The van der Waals surface area contributed by atoms with E-state index in [1.54, 1.807) is 6.07 Å². The highest BCUT2D eigenvalue weighted by molar-refractivity contribution is 14.0. The van der Waals surface area contributed by atoms with E-state index in [2.05, 4.69) is 39.7 Å². The summed E-state index contributed by atoms with van der Waals surface area (Å²) in [4.78, 5) is 19.2. The van der Waals surface area contributed by atoms with Gasteiger partial charge < -0.3 is 25.3 Å². The highest BCUT2D eigenvalue weighted by atomic mass is 127. The van der Waals surface area contributed by atoms with E-state index in [1.165, 1.54) is 32.1 Å². The molecule has 1 atom stereocenters. The minimum Gasteiger partial charge on any atom is -0.459 e. The number of furan rings is 1. The summed E-state index contributed by atoms with van der Waals surface area (Å²) in [6, 6.07) is 2.51. The number of aliphatic imine (C=N–C) groups is 1. The number of rotatable bonds is 10. The van der Waals surface area contributed by atoms with Gasteiger partial charge in [-0.25, -0.2) is 0 Å². The first-order chi connectivity index (χ1) is 13.6. The summed E-state index contributed by atoms with van der Waals surface area (Å²) in [5, 5.41) is 9.57. The lowest BCUT2D eigenvalue weighted by atomic mass is 10.0. The molecule has 0 bridgehead atoms. The topological polar surface area (TPSA) is 81.9 Å². The molecule has 1 aromatic rings. The van der Waals surface area contributed by atoms with Crippen LogP contribution in [-0.4, -0.2) is 62.1 Å². The van der Waals surface area contributed by atoms with Gasteiger partial charge in [0.2, 0.25) is 0 Å². The molecule has 0 radical (unpaired) electrons. The number of aryl methyl sites for hydroxylation is 1. The summed E-state index contributed by atoms with van der Waals surface area (Å²) in [5.74, 6) is 1.08. The molecule has 0 aromatic carbocycles. The Hall–Kier alpha value is -1.29. The lowest BCUT2D eigenvalue weighted by Gasteiger charge is -2.33. The Morgan fingerprint density at radius 3 is 2.72 bits per heavy atom. The fourth-order valence-corrected chi connectivity index (χ4v) is 3.48. The van der Waals surface area contributed by atoms with Gasteiger partial charge in [0.1, 0.15) is 0 Å². The fourth-order valence-electron chi connectivity index (χ4n) is 3.48. The Labute approximate surface area is 192 Å². The van der Waals surface area contributed by atoms with E-state index in [0.717, 1.165) is 50.0 Å². The van der Waals surface area contributed by atoms with E-state index in [1.807, 2.05) is 6.92 Å². The van der Waals surface area contributed by atoms with Gasteiger partial charge in [-0.15, -0.1) is 24.0 Å². The second-order valence-corrected chi connectivity index (χ2v) is 7.46. The minimum absolute atomic E-state index is 0. The molecule has 0 saturated carbocycles. The lowest BCUT2D eigenvalue weighted by Crippen LogP contribution is -2.41. The molecule has 7 nitrogen and oxygen atoms in total. The molecule has 1 aliphatic heterocycles. The number of nitrogens with one attached hydrogen (secondary N) is 3. The zero-order chi connectivity index (χ0) is 20.2. The maximum atomic E-state index is 12.0. The van der Waals surface area contributed by atoms with E-state index in [4.69, 9.17) is 4.42 Å². The van der Waals surface area contributed by atoms with Crippen LogP contribution in [-0.2, 0) is 0 Å². The largest absolute Gasteiger partial charge is 0.459 e. The summed E-state index contributed by atoms with van der Waals surface area (Å²) in [6.07, 6.45) is 7.47. The Kier molecular flexibility index (Phi) is 13.0. The molecule has 2 rings (SSSR count). The number of carbonyl (C=O) groups is 1. The molecule has 1 aromatic heterocycles. The van der Waals surface area contributed by atoms with Gasteiger partial charge >= 0.3 is 0 Å². The first-order valence-electron chi connectivity index (χ1n) is 10.7. The van der Waals surface area contributed by atoms with Crippen molar-refractivity contribution in [2.75, 3.05) is 39.3 Å². The zero-order valence-electron chi connectivity index (χ0n) is 18.1. The van der Waals surface area contributed by atoms with E-state index in [-0.39, 0.29) is 29.9 Å². The van der Waals surface area contributed by atoms with Crippen LogP contribution in [0.5, 0.6) is 0 Å². The van der Waals surface area contributed by atoms with Crippen LogP contribution >= 0.6 is 24.0 Å². The zero-order valence-corrected chi connectivity index (χ0v) is 20.5. The van der Waals surface area contributed by atoms with Crippen molar-refractivity contribution < 1.29 is 9.21 Å². The van der Waals surface area contributed by atoms with Crippen LogP contribution in [0.25, 0.3) is 0 Å². The van der Waals surface area contributed by atoms with E-state index < -0.39 is 0 Å². The number of likely N-dealkylation sites (tertiary alicyclic amines) is 1. The summed E-state index contributed by atoms with van der Waals surface area (Å²) in [5.41, 5.74) is 0.855. The third-order valence-corrected chi connectivity index (χ3v) is 5.16. The Bertz CT molecular complexity index is 620. The van der Waals surface area contributed by atoms with Crippen molar-refractivity contribution in [2.45, 2.75) is 58.9 Å². The van der Waals surface area contributed by atoms with Crippen LogP contribution in [0.4, 0.5) is 0 Å². The third-order valence-electron chi connectivity index (χ3n) is 5.16. The predicted octanol–water partition coefficient (Wildman–Crippen LogP) is 3.15. The highest BCUT2D eigenvalue weighted by Gasteiger charge is 2.17. The molecule has 166 valence electrons. The SMILES string of the molecule is CCNC(=NCCCNC(=O)c1occc1C)NCCCN1CCCCC1C.I. The highest BCUT2D eigenvalue weighted by Crippen LogP contribution is 2.16. The normalized spacial score (nSPS) is 17.5. The molecule has 1 amide bonds. The molecule has 1 aliphatic rings. The molecule has 1 unspecified atom stereocenters. The molecular formula is C21H38IN5O2. The first kappa shape index (κ1) is 25.7. The molecule has 29 heavy (non-hydrogen) atoms. The molecule has 1 fully saturated rings. The summed E-state index contributed by atoms with van der Waals surface area (Å²) in [7, 11) is 0. The average molecular weight is 519 g/mol. The molecule has 2 heterocycles. The lowest BCUT2D eigenvalue weighted by molar-refractivity contribution is 0.0925. The minimum atomic E-state index is -0.163. The van der Waals surface area contributed by atoms with Crippen LogP contribution in [0.2, 0.25) is 0 Å². The van der Waals surface area contributed by atoms with Crippen LogP contribution in [0, 0.1) is 6.92 Å². The van der Waals surface area contributed by atoms with Crippen molar-refractivity contribution in [3.8, 4) is 0 Å². The number of hydrogen-bond acceptors (Lipinski definition) is 4. The third kappa shape index (κ3) is 9.37. The number of halogens is 1. The molecule has 0 aliphatic carbocycles. The number of amides is 1. The number of guanidine groups is 1. The number of piperidine rings is 1. The molecule has 3 N–H and O–H groups in total. The number of hydrogen-bond donors (Lipinski definition) is 3. The second-order valence-electron chi connectivity index (χ2n) is 7.46. The number of carbonyl (C=O) groups excluding carboxylic acids is 1. The van der Waals surface area contributed by atoms with Gasteiger partial charge in [0.15, 0.2) is 11.7 Å².